The van der Waals surface area contributed by atoms with E-state index in [1.54, 1.807) is 7.11 Å². The van der Waals surface area contributed by atoms with Gasteiger partial charge < -0.3 is 19.5 Å². The second-order valence-corrected chi connectivity index (χ2v) is 6.21. The Morgan fingerprint density at radius 1 is 0.963 bits per heavy atom. The van der Waals surface area contributed by atoms with Crippen LogP contribution in [0.25, 0.3) is 0 Å². The van der Waals surface area contributed by atoms with Crippen LogP contribution in [-0.2, 0) is 0 Å². The number of methoxy groups -OCH3 is 2. The summed E-state index contributed by atoms with van der Waals surface area (Å²) >= 11 is 0. The highest BCUT2D eigenvalue weighted by Gasteiger charge is 2.21. The molecule has 0 aliphatic heterocycles. The lowest BCUT2D eigenvalue weighted by molar-refractivity contribution is -0.0512. The van der Waals surface area contributed by atoms with Gasteiger partial charge in [-0.05, 0) is 41.8 Å². The Balaban J connectivity index is 2.21. The fraction of sp³-hybridized carbons (Fsp3) is 0.350. The van der Waals surface area contributed by atoms with Gasteiger partial charge in [0.2, 0.25) is 0 Å². The molecular weight excluding hydrogens is 356 g/mol. The van der Waals surface area contributed by atoms with Crippen LogP contribution in [0.1, 0.15) is 35.8 Å². The lowest BCUT2D eigenvalue weighted by Gasteiger charge is -2.23. The molecule has 1 unspecified atom stereocenters. The van der Waals surface area contributed by atoms with Gasteiger partial charge in [-0.3, -0.25) is 4.79 Å². The van der Waals surface area contributed by atoms with Crippen LogP contribution in [0.2, 0.25) is 0 Å². The zero-order chi connectivity index (χ0) is 20.0. The third-order valence-electron chi connectivity index (χ3n) is 4.07. The molecule has 7 heteroatoms. The number of benzene rings is 2. The van der Waals surface area contributed by atoms with E-state index in [0.717, 1.165) is 11.3 Å². The molecule has 0 heterocycles. The summed E-state index contributed by atoms with van der Waals surface area (Å²) in [4.78, 5) is 12.7. The Labute approximate surface area is 157 Å². The molecule has 0 aliphatic rings. The molecule has 5 nitrogen and oxygen atoms in total. The molecule has 2 aromatic carbocycles. The van der Waals surface area contributed by atoms with Crippen molar-refractivity contribution < 1.29 is 27.8 Å². The van der Waals surface area contributed by atoms with Crippen molar-refractivity contribution in [1.29, 1.82) is 0 Å². The van der Waals surface area contributed by atoms with Crippen LogP contribution in [0.15, 0.2) is 42.5 Å². The average Bonchev–Trinajstić information content (AvgIpc) is 2.65. The second-order valence-electron chi connectivity index (χ2n) is 6.21. The SMILES string of the molecule is COc1ccc(C(NC(=O)c2ccc(OC(F)F)c(OC)c2)C(C)C)cc1. The molecule has 146 valence electrons. The quantitative estimate of drug-likeness (QED) is 0.737. The highest BCUT2D eigenvalue weighted by atomic mass is 19.3. The van der Waals surface area contributed by atoms with E-state index in [9.17, 15) is 13.6 Å². The molecule has 0 bridgehead atoms. The van der Waals surface area contributed by atoms with Gasteiger partial charge in [0, 0.05) is 5.56 Å². The number of nitrogens with one attached hydrogen (secondary N) is 1. The third kappa shape index (κ3) is 5.32. The van der Waals surface area contributed by atoms with E-state index in [-0.39, 0.29) is 34.9 Å². The number of alkyl halides is 2. The normalized spacial score (nSPS) is 12.0. The molecule has 0 saturated carbocycles. The van der Waals surface area contributed by atoms with Crippen molar-refractivity contribution in [3.05, 3.63) is 53.6 Å². The zero-order valence-corrected chi connectivity index (χ0v) is 15.7. The van der Waals surface area contributed by atoms with Crippen LogP contribution in [0, 0.1) is 5.92 Å². The summed E-state index contributed by atoms with van der Waals surface area (Å²) in [7, 11) is 2.91. The largest absolute Gasteiger partial charge is 0.497 e. The number of carbonyl (C=O) groups is 1. The van der Waals surface area contributed by atoms with Crippen molar-refractivity contribution in [2.45, 2.75) is 26.5 Å². The number of rotatable bonds is 8. The van der Waals surface area contributed by atoms with Gasteiger partial charge >= 0.3 is 6.61 Å². The minimum atomic E-state index is -2.97. The van der Waals surface area contributed by atoms with Crippen LogP contribution in [0.4, 0.5) is 8.78 Å². The summed E-state index contributed by atoms with van der Waals surface area (Å²) in [6.07, 6.45) is 0. The summed E-state index contributed by atoms with van der Waals surface area (Å²) in [6, 6.07) is 11.3. The summed E-state index contributed by atoms with van der Waals surface area (Å²) in [6.45, 7) is 1.02. The number of amides is 1. The molecule has 1 N–H and O–H groups in total. The number of hydrogen-bond donors (Lipinski definition) is 1. The molecule has 27 heavy (non-hydrogen) atoms. The number of halogens is 2. The number of carbonyl (C=O) groups excluding carboxylic acids is 1. The van der Waals surface area contributed by atoms with Gasteiger partial charge in [0.25, 0.3) is 5.91 Å². The van der Waals surface area contributed by atoms with Gasteiger partial charge in [0.15, 0.2) is 11.5 Å². The molecule has 0 saturated heterocycles. The molecular formula is C20H23F2NO4. The smallest absolute Gasteiger partial charge is 0.387 e. The van der Waals surface area contributed by atoms with Crippen LogP contribution in [0.3, 0.4) is 0 Å². The Kier molecular flexibility index (Phi) is 6.98. The monoisotopic (exact) mass is 379 g/mol. The molecule has 0 aliphatic carbocycles. The first kappa shape index (κ1) is 20.5. The predicted molar refractivity (Wildman–Crippen MR) is 97.7 cm³/mol. The van der Waals surface area contributed by atoms with Crippen molar-refractivity contribution in [3.63, 3.8) is 0 Å². The Morgan fingerprint density at radius 3 is 2.15 bits per heavy atom. The summed E-state index contributed by atoms with van der Waals surface area (Å²) in [5, 5.41) is 2.97. The molecule has 1 atom stereocenters. The van der Waals surface area contributed by atoms with Gasteiger partial charge in [0.1, 0.15) is 5.75 Å². The van der Waals surface area contributed by atoms with Crippen LogP contribution in [-0.4, -0.2) is 26.7 Å². The van der Waals surface area contributed by atoms with E-state index in [4.69, 9.17) is 9.47 Å². The molecule has 0 aromatic heterocycles. The molecule has 0 spiro atoms. The number of ether oxygens (including phenoxy) is 3. The van der Waals surface area contributed by atoms with Gasteiger partial charge in [0.05, 0.1) is 20.3 Å². The van der Waals surface area contributed by atoms with Crippen molar-refractivity contribution in [1.82, 2.24) is 5.32 Å². The first-order valence-electron chi connectivity index (χ1n) is 8.43. The van der Waals surface area contributed by atoms with Gasteiger partial charge in [-0.25, -0.2) is 0 Å². The van der Waals surface area contributed by atoms with E-state index in [0.29, 0.717) is 0 Å². The molecule has 0 radical (unpaired) electrons. The summed E-state index contributed by atoms with van der Waals surface area (Å²) in [5.74, 6) is 0.456. The van der Waals surface area contributed by atoms with Gasteiger partial charge in [-0.1, -0.05) is 26.0 Å². The van der Waals surface area contributed by atoms with Crippen molar-refractivity contribution >= 4 is 5.91 Å². The topological polar surface area (TPSA) is 56.8 Å². The second kappa shape index (κ2) is 9.21. The highest BCUT2D eigenvalue weighted by molar-refractivity contribution is 5.95. The first-order chi connectivity index (χ1) is 12.8. The third-order valence-corrected chi connectivity index (χ3v) is 4.07. The van der Waals surface area contributed by atoms with Gasteiger partial charge in [-0.15, -0.1) is 0 Å². The maximum absolute atomic E-state index is 12.7. The lowest BCUT2D eigenvalue weighted by atomic mass is 9.95. The molecule has 0 fully saturated rings. The summed E-state index contributed by atoms with van der Waals surface area (Å²) < 4.78 is 39.4. The van der Waals surface area contributed by atoms with Crippen LogP contribution >= 0.6 is 0 Å². The van der Waals surface area contributed by atoms with Crippen molar-refractivity contribution in [2.75, 3.05) is 14.2 Å². The predicted octanol–water partition coefficient (Wildman–Crippen LogP) is 4.43. The molecule has 2 rings (SSSR count). The fourth-order valence-electron chi connectivity index (χ4n) is 2.67. The van der Waals surface area contributed by atoms with E-state index in [1.165, 1.54) is 25.3 Å². The van der Waals surface area contributed by atoms with Gasteiger partial charge in [-0.2, -0.15) is 8.78 Å². The molecule has 1 amide bonds. The average molecular weight is 379 g/mol. The van der Waals surface area contributed by atoms with Crippen LogP contribution < -0.4 is 19.5 Å². The minimum Gasteiger partial charge on any atom is -0.497 e. The Morgan fingerprint density at radius 2 is 1.63 bits per heavy atom. The lowest BCUT2D eigenvalue weighted by Crippen LogP contribution is -2.31. The van der Waals surface area contributed by atoms with Crippen molar-refractivity contribution in [3.8, 4) is 17.2 Å². The zero-order valence-electron chi connectivity index (χ0n) is 15.7. The van der Waals surface area contributed by atoms with E-state index >= 15 is 0 Å². The Bertz CT molecular complexity index is 763. The number of hydrogen-bond acceptors (Lipinski definition) is 4. The first-order valence-corrected chi connectivity index (χ1v) is 8.43. The van der Waals surface area contributed by atoms with E-state index < -0.39 is 6.61 Å². The maximum Gasteiger partial charge on any atom is 0.387 e. The highest BCUT2D eigenvalue weighted by Crippen LogP contribution is 2.30. The maximum atomic E-state index is 12.7. The Hall–Kier alpha value is -2.83. The molecule has 2 aromatic rings. The fourth-order valence-corrected chi connectivity index (χ4v) is 2.67. The van der Waals surface area contributed by atoms with Crippen LogP contribution in [0.5, 0.6) is 17.2 Å². The van der Waals surface area contributed by atoms with E-state index in [1.807, 2.05) is 38.1 Å². The van der Waals surface area contributed by atoms with Crippen molar-refractivity contribution in [2.24, 2.45) is 5.92 Å². The standard InChI is InChI=1S/C20H23F2NO4/c1-12(2)18(13-5-8-15(25-3)9-6-13)23-19(24)14-7-10-16(27-20(21)22)17(11-14)26-4/h5-12,18,20H,1-4H3,(H,23,24). The minimum absolute atomic E-state index is 0.0634. The van der Waals surface area contributed by atoms with E-state index in [2.05, 4.69) is 10.1 Å². The summed E-state index contributed by atoms with van der Waals surface area (Å²) in [5.41, 5.74) is 1.22.